The lowest BCUT2D eigenvalue weighted by Crippen LogP contribution is -2.63. The smallest absolute Gasteiger partial charge is 0.156 e. The first-order chi connectivity index (χ1) is 12.2. The highest BCUT2D eigenvalue weighted by Crippen LogP contribution is 2.66. The summed E-state index contributed by atoms with van der Waals surface area (Å²) in [6.45, 7) is 8.57. The second kappa shape index (κ2) is 6.57. The van der Waals surface area contributed by atoms with Gasteiger partial charge in [-0.05, 0) is 79.4 Å². The minimum atomic E-state index is 0.291. The maximum atomic E-state index is 6.43. The summed E-state index contributed by atoms with van der Waals surface area (Å²) in [6.07, 6.45) is 9.15. The van der Waals surface area contributed by atoms with E-state index in [1.165, 1.54) is 38.5 Å². The van der Waals surface area contributed by atoms with Gasteiger partial charge in [0.1, 0.15) is 0 Å². The molecule has 4 bridgehead atoms. The third kappa shape index (κ3) is 3.50. The van der Waals surface area contributed by atoms with E-state index >= 15 is 0 Å². The van der Waals surface area contributed by atoms with Crippen molar-refractivity contribution in [2.24, 2.45) is 16.7 Å². The maximum Gasteiger partial charge on any atom is 0.156 e. The minimum Gasteiger partial charge on any atom is -0.490 e. The molecule has 4 heteroatoms. The van der Waals surface area contributed by atoms with Crippen LogP contribution in [0.3, 0.4) is 0 Å². The van der Waals surface area contributed by atoms with Crippen molar-refractivity contribution in [3.63, 3.8) is 0 Å². The number of ether oxygens (including phenoxy) is 1. The summed E-state index contributed by atoms with van der Waals surface area (Å²) in [4.78, 5) is 0. The molecule has 0 radical (unpaired) electrons. The average Bonchev–Trinajstić information content (AvgIpc) is 2.49. The van der Waals surface area contributed by atoms with Gasteiger partial charge >= 0.3 is 0 Å². The van der Waals surface area contributed by atoms with Crippen LogP contribution in [0.2, 0.25) is 10.0 Å². The van der Waals surface area contributed by atoms with Crippen molar-refractivity contribution in [1.82, 2.24) is 5.32 Å². The number of nitrogens with one attached hydrogen (secondary N) is 1. The van der Waals surface area contributed by atoms with Crippen LogP contribution in [0.25, 0.3) is 0 Å². The molecule has 0 saturated heterocycles. The van der Waals surface area contributed by atoms with Gasteiger partial charge < -0.3 is 10.1 Å². The molecule has 1 aromatic carbocycles. The molecule has 1 N–H and O–H groups in total. The molecule has 4 fully saturated rings. The second-order valence-electron chi connectivity index (χ2n) is 10.0. The molecule has 1 aromatic rings. The van der Waals surface area contributed by atoms with Crippen LogP contribution >= 0.6 is 23.2 Å². The predicted molar refractivity (Wildman–Crippen MR) is 109 cm³/mol. The lowest BCUT2D eigenvalue weighted by molar-refractivity contribution is -0.118. The SMILES string of the molecule is CCCOc1c(Cl)cc(CNC23CC4C[C@@](C)(C2)C[C@](C)(C4)C3)cc1Cl. The Morgan fingerprint density at radius 3 is 2.19 bits per heavy atom. The number of halogens is 2. The number of rotatable bonds is 6. The summed E-state index contributed by atoms with van der Waals surface area (Å²) >= 11 is 12.9. The zero-order chi connectivity index (χ0) is 18.6. The molecule has 144 valence electrons. The molecule has 0 aliphatic heterocycles. The van der Waals surface area contributed by atoms with Crippen molar-refractivity contribution in [1.29, 1.82) is 0 Å². The fourth-order valence-electron chi connectivity index (χ4n) is 6.99. The van der Waals surface area contributed by atoms with Crippen LogP contribution in [0.4, 0.5) is 0 Å². The van der Waals surface area contributed by atoms with Crippen LogP contribution in [0, 0.1) is 16.7 Å². The Morgan fingerprint density at radius 1 is 1.04 bits per heavy atom. The van der Waals surface area contributed by atoms with E-state index < -0.39 is 0 Å². The summed E-state index contributed by atoms with van der Waals surface area (Å²) < 4.78 is 5.69. The molecule has 5 rings (SSSR count). The number of hydrogen-bond acceptors (Lipinski definition) is 2. The largest absolute Gasteiger partial charge is 0.490 e. The van der Waals surface area contributed by atoms with Gasteiger partial charge in [-0.1, -0.05) is 44.0 Å². The van der Waals surface area contributed by atoms with Gasteiger partial charge in [-0.15, -0.1) is 0 Å². The molecular formula is C22H31Cl2NO. The summed E-state index contributed by atoms with van der Waals surface area (Å²) in [5.41, 5.74) is 2.48. The van der Waals surface area contributed by atoms with E-state index in [-0.39, 0.29) is 0 Å². The van der Waals surface area contributed by atoms with E-state index in [2.05, 4.69) is 26.1 Å². The van der Waals surface area contributed by atoms with Crippen LogP contribution in [0.1, 0.15) is 71.3 Å². The Labute approximate surface area is 168 Å². The Kier molecular flexibility index (Phi) is 4.77. The predicted octanol–water partition coefficient (Wildman–Crippen LogP) is 6.62. The van der Waals surface area contributed by atoms with Gasteiger partial charge in [-0.3, -0.25) is 0 Å². The molecule has 0 spiro atoms. The zero-order valence-electron chi connectivity index (χ0n) is 16.3. The van der Waals surface area contributed by atoms with E-state index in [4.69, 9.17) is 27.9 Å². The second-order valence-corrected chi connectivity index (χ2v) is 10.8. The van der Waals surface area contributed by atoms with Gasteiger partial charge in [0.2, 0.25) is 0 Å². The average molecular weight is 396 g/mol. The topological polar surface area (TPSA) is 21.3 Å². The van der Waals surface area contributed by atoms with Crippen LogP contribution in [0.15, 0.2) is 12.1 Å². The van der Waals surface area contributed by atoms with Crippen molar-refractivity contribution in [3.8, 4) is 5.75 Å². The Morgan fingerprint density at radius 2 is 1.65 bits per heavy atom. The van der Waals surface area contributed by atoms with Crippen molar-refractivity contribution < 1.29 is 4.74 Å². The van der Waals surface area contributed by atoms with E-state index in [0.717, 1.165) is 24.4 Å². The fraction of sp³-hybridized carbons (Fsp3) is 0.727. The lowest BCUT2D eigenvalue weighted by atomic mass is 9.43. The van der Waals surface area contributed by atoms with E-state index in [1.807, 2.05) is 12.1 Å². The van der Waals surface area contributed by atoms with Gasteiger partial charge in [0.05, 0.1) is 16.7 Å². The molecule has 26 heavy (non-hydrogen) atoms. The molecule has 2 nitrogen and oxygen atoms in total. The molecule has 0 aromatic heterocycles. The highest BCUT2D eigenvalue weighted by atomic mass is 35.5. The Bertz CT molecular complexity index is 662. The molecule has 4 aliphatic carbocycles. The van der Waals surface area contributed by atoms with Gasteiger partial charge in [-0.2, -0.15) is 0 Å². The van der Waals surface area contributed by atoms with Gasteiger partial charge in [0.15, 0.2) is 5.75 Å². The van der Waals surface area contributed by atoms with E-state index in [9.17, 15) is 0 Å². The summed E-state index contributed by atoms with van der Waals surface area (Å²) in [5.74, 6) is 1.51. The Hall–Kier alpha value is -0.440. The van der Waals surface area contributed by atoms with Crippen LogP contribution < -0.4 is 10.1 Å². The van der Waals surface area contributed by atoms with E-state index in [1.54, 1.807) is 0 Å². The van der Waals surface area contributed by atoms with E-state index in [0.29, 0.717) is 38.8 Å². The first-order valence-corrected chi connectivity index (χ1v) is 10.9. The van der Waals surface area contributed by atoms with Gasteiger partial charge in [-0.25, -0.2) is 0 Å². The van der Waals surface area contributed by atoms with Crippen molar-refractivity contribution >= 4 is 23.2 Å². The van der Waals surface area contributed by atoms with Crippen LogP contribution in [-0.4, -0.2) is 12.1 Å². The summed E-state index contributed by atoms with van der Waals surface area (Å²) in [6, 6.07) is 4.02. The number of benzene rings is 1. The van der Waals surface area contributed by atoms with Crippen molar-refractivity contribution in [2.45, 2.75) is 77.8 Å². The summed E-state index contributed by atoms with van der Waals surface area (Å²) in [7, 11) is 0. The fourth-order valence-corrected chi connectivity index (χ4v) is 7.63. The van der Waals surface area contributed by atoms with Gasteiger partial charge in [0.25, 0.3) is 0 Å². The van der Waals surface area contributed by atoms with Crippen molar-refractivity contribution in [2.75, 3.05) is 6.61 Å². The monoisotopic (exact) mass is 395 g/mol. The third-order valence-corrected chi connectivity index (χ3v) is 7.36. The minimum absolute atomic E-state index is 0.291. The van der Waals surface area contributed by atoms with Crippen LogP contribution in [0.5, 0.6) is 5.75 Å². The quantitative estimate of drug-likeness (QED) is 0.583. The molecule has 4 atom stereocenters. The lowest BCUT2D eigenvalue weighted by Gasteiger charge is -2.65. The summed E-state index contributed by atoms with van der Waals surface area (Å²) in [5, 5.41) is 5.19. The number of hydrogen-bond donors (Lipinski definition) is 1. The molecule has 2 unspecified atom stereocenters. The van der Waals surface area contributed by atoms with Crippen molar-refractivity contribution in [3.05, 3.63) is 27.7 Å². The molecule has 0 heterocycles. The highest BCUT2D eigenvalue weighted by Gasteiger charge is 2.59. The Balaban J connectivity index is 1.49. The first-order valence-electron chi connectivity index (χ1n) is 10.1. The normalized spacial score (nSPS) is 38.0. The maximum absolute atomic E-state index is 6.43. The van der Waals surface area contributed by atoms with Gasteiger partial charge in [0, 0.05) is 12.1 Å². The molecule has 0 amide bonds. The third-order valence-electron chi connectivity index (χ3n) is 6.80. The zero-order valence-corrected chi connectivity index (χ0v) is 17.8. The molecular weight excluding hydrogens is 365 g/mol. The highest BCUT2D eigenvalue weighted by molar-refractivity contribution is 6.37. The first kappa shape index (κ1) is 18.9. The van der Waals surface area contributed by atoms with Crippen LogP contribution in [-0.2, 0) is 6.54 Å². The molecule has 4 aliphatic rings. The standard InChI is InChI=1S/C22H31Cl2NO/c1-4-5-26-19-17(23)6-15(7-18(19)24)11-25-22-10-16-8-20(2,13-22)12-21(3,9-16)14-22/h6-7,16,25H,4-5,8-14H2,1-3H3/t16?,20-,21+,22?. The molecule has 4 saturated carbocycles.